The highest BCUT2D eigenvalue weighted by atomic mass is 35.5. The van der Waals surface area contributed by atoms with Gasteiger partial charge in [0.25, 0.3) is 5.91 Å². The highest BCUT2D eigenvalue weighted by Crippen LogP contribution is 2.29. The summed E-state index contributed by atoms with van der Waals surface area (Å²) in [5.41, 5.74) is -0.121. The molecule has 0 spiro atoms. The molecule has 0 radical (unpaired) electrons. The highest BCUT2D eigenvalue weighted by molar-refractivity contribution is 6.36. The molecule has 0 atom stereocenters. The summed E-state index contributed by atoms with van der Waals surface area (Å²) < 4.78 is 0. The molecule has 1 fully saturated rings. The van der Waals surface area contributed by atoms with Gasteiger partial charge in [-0.1, -0.05) is 48.4 Å². The predicted octanol–water partition coefficient (Wildman–Crippen LogP) is 4.06. The largest absolute Gasteiger partial charge is 0.336 e. The zero-order valence-corrected chi connectivity index (χ0v) is 12.0. The van der Waals surface area contributed by atoms with Crippen LogP contribution < -0.4 is 5.32 Å². The molecule has 0 bridgehead atoms. The Kier molecular flexibility index (Phi) is 4.39. The quantitative estimate of drug-likeness (QED) is 0.819. The molecule has 4 heteroatoms. The van der Waals surface area contributed by atoms with Gasteiger partial charge in [-0.2, -0.15) is 0 Å². The summed E-state index contributed by atoms with van der Waals surface area (Å²) in [5.74, 6) is 2.51. The zero-order chi connectivity index (χ0) is 13.9. The number of halogens is 2. The van der Waals surface area contributed by atoms with E-state index in [1.165, 1.54) is 6.42 Å². The van der Waals surface area contributed by atoms with Crippen LogP contribution in [0.2, 0.25) is 10.0 Å². The molecule has 100 valence electrons. The van der Waals surface area contributed by atoms with Crippen molar-refractivity contribution in [2.24, 2.45) is 0 Å². The van der Waals surface area contributed by atoms with Crippen LogP contribution in [0.25, 0.3) is 0 Å². The van der Waals surface area contributed by atoms with Crippen LogP contribution in [0, 0.1) is 12.3 Å². The number of terminal acetylenes is 1. The van der Waals surface area contributed by atoms with Crippen molar-refractivity contribution in [2.75, 3.05) is 0 Å². The normalized spacial score (nSPS) is 17.5. The Morgan fingerprint density at radius 1 is 1.26 bits per heavy atom. The predicted molar refractivity (Wildman–Crippen MR) is 78.6 cm³/mol. The van der Waals surface area contributed by atoms with Crippen LogP contribution in [0.3, 0.4) is 0 Å². The molecule has 19 heavy (non-hydrogen) atoms. The molecule has 2 nitrogen and oxygen atoms in total. The second-order valence-electron chi connectivity index (χ2n) is 4.87. The van der Waals surface area contributed by atoms with Gasteiger partial charge in [0.15, 0.2) is 0 Å². The number of rotatable bonds is 2. The number of hydrogen-bond donors (Lipinski definition) is 1. The van der Waals surface area contributed by atoms with Gasteiger partial charge in [0.1, 0.15) is 5.54 Å². The van der Waals surface area contributed by atoms with Gasteiger partial charge >= 0.3 is 0 Å². The van der Waals surface area contributed by atoms with E-state index in [4.69, 9.17) is 29.6 Å². The van der Waals surface area contributed by atoms with Crippen LogP contribution in [-0.4, -0.2) is 11.4 Å². The fraction of sp³-hybridized carbons (Fsp3) is 0.400. The Balaban J connectivity index is 2.18. The SMILES string of the molecule is C#CC1(NC(=O)c2ccc(Cl)cc2Cl)CCCCC1. The molecule has 1 aliphatic rings. The van der Waals surface area contributed by atoms with E-state index in [1.54, 1.807) is 18.2 Å². The van der Waals surface area contributed by atoms with Crippen LogP contribution in [0.5, 0.6) is 0 Å². The third-order valence-electron chi connectivity index (χ3n) is 3.51. The molecule has 2 rings (SSSR count). The van der Waals surface area contributed by atoms with Gasteiger partial charge in [-0.05, 0) is 31.0 Å². The number of carbonyl (C=O) groups is 1. The molecule has 0 heterocycles. The fourth-order valence-electron chi connectivity index (χ4n) is 2.42. The lowest BCUT2D eigenvalue weighted by Gasteiger charge is -2.33. The van der Waals surface area contributed by atoms with Crippen molar-refractivity contribution in [3.8, 4) is 12.3 Å². The van der Waals surface area contributed by atoms with E-state index in [1.807, 2.05) is 0 Å². The molecular formula is C15H15Cl2NO. The first kappa shape index (κ1) is 14.2. The van der Waals surface area contributed by atoms with Crippen LogP contribution in [0.1, 0.15) is 42.5 Å². The van der Waals surface area contributed by atoms with E-state index in [9.17, 15) is 4.79 Å². The third-order valence-corrected chi connectivity index (χ3v) is 4.06. The zero-order valence-electron chi connectivity index (χ0n) is 10.5. The smallest absolute Gasteiger partial charge is 0.253 e. The maximum atomic E-state index is 12.3. The van der Waals surface area contributed by atoms with E-state index < -0.39 is 5.54 Å². The lowest BCUT2D eigenvalue weighted by molar-refractivity contribution is 0.0904. The van der Waals surface area contributed by atoms with Crippen LogP contribution >= 0.6 is 23.2 Å². The maximum Gasteiger partial charge on any atom is 0.253 e. The molecule has 1 amide bonds. The van der Waals surface area contributed by atoms with Gasteiger partial charge in [-0.25, -0.2) is 0 Å². The average Bonchev–Trinajstić information content (AvgIpc) is 2.39. The molecule has 1 aromatic rings. The summed E-state index contributed by atoms with van der Waals surface area (Å²) in [6, 6.07) is 4.82. The first-order chi connectivity index (χ1) is 9.06. The van der Waals surface area contributed by atoms with Crippen LogP contribution in [0.15, 0.2) is 18.2 Å². The number of nitrogens with one attached hydrogen (secondary N) is 1. The minimum atomic E-state index is -0.529. The summed E-state index contributed by atoms with van der Waals surface area (Å²) in [4.78, 5) is 12.3. The summed E-state index contributed by atoms with van der Waals surface area (Å²) in [5, 5.41) is 3.80. The average molecular weight is 296 g/mol. The van der Waals surface area contributed by atoms with Gasteiger partial charge in [-0.3, -0.25) is 4.79 Å². The molecule has 0 aromatic heterocycles. The van der Waals surface area contributed by atoms with Crippen molar-refractivity contribution in [1.29, 1.82) is 0 Å². The summed E-state index contributed by atoms with van der Waals surface area (Å²) in [7, 11) is 0. The maximum absolute atomic E-state index is 12.3. The third kappa shape index (κ3) is 3.23. The second-order valence-corrected chi connectivity index (χ2v) is 5.71. The van der Waals surface area contributed by atoms with E-state index >= 15 is 0 Å². The van der Waals surface area contributed by atoms with E-state index in [0.29, 0.717) is 15.6 Å². The number of benzene rings is 1. The van der Waals surface area contributed by atoms with Crippen molar-refractivity contribution in [3.05, 3.63) is 33.8 Å². The van der Waals surface area contributed by atoms with E-state index in [-0.39, 0.29) is 5.91 Å². The molecule has 1 aromatic carbocycles. The van der Waals surface area contributed by atoms with Crippen LogP contribution in [-0.2, 0) is 0 Å². The van der Waals surface area contributed by atoms with Gasteiger partial charge < -0.3 is 5.32 Å². The molecule has 1 aliphatic carbocycles. The van der Waals surface area contributed by atoms with Crippen molar-refractivity contribution in [1.82, 2.24) is 5.32 Å². The summed E-state index contributed by atoms with van der Waals surface area (Å²) >= 11 is 11.9. The van der Waals surface area contributed by atoms with Gasteiger partial charge in [-0.15, -0.1) is 6.42 Å². The molecule has 1 saturated carbocycles. The molecule has 0 unspecified atom stereocenters. The lowest BCUT2D eigenvalue weighted by Crippen LogP contribution is -2.48. The Morgan fingerprint density at radius 2 is 1.95 bits per heavy atom. The van der Waals surface area contributed by atoms with Crippen LogP contribution in [0.4, 0.5) is 0 Å². The first-order valence-electron chi connectivity index (χ1n) is 6.32. The van der Waals surface area contributed by atoms with Crippen molar-refractivity contribution in [2.45, 2.75) is 37.6 Å². The minimum absolute atomic E-state index is 0.235. The molecule has 0 saturated heterocycles. The highest BCUT2D eigenvalue weighted by Gasteiger charge is 2.32. The fourth-order valence-corrected chi connectivity index (χ4v) is 2.91. The Morgan fingerprint density at radius 3 is 2.53 bits per heavy atom. The van der Waals surface area contributed by atoms with Crippen molar-refractivity contribution < 1.29 is 4.79 Å². The van der Waals surface area contributed by atoms with E-state index in [0.717, 1.165) is 25.7 Å². The Bertz CT molecular complexity index is 527. The first-order valence-corrected chi connectivity index (χ1v) is 7.07. The lowest BCUT2D eigenvalue weighted by atomic mass is 9.82. The van der Waals surface area contributed by atoms with Gasteiger partial charge in [0.05, 0.1) is 10.6 Å². The van der Waals surface area contributed by atoms with E-state index in [2.05, 4.69) is 11.2 Å². The molecule has 1 N–H and O–H groups in total. The number of amides is 1. The second kappa shape index (κ2) is 5.86. The summed E-state index contributed by atoms with van der Waals surface area (Å²) in [6.45, 7) is 0. The Hall–Kier alpha value is -1.17. The monoisotopic (exact) mass is 295 g/mol. The molecular weight excluding hydrogens is 281 g/mol. The summed E-state index contributed by atoms with van der Waals surface area (Å²) in [6.07, 6.45) is 10.5. The van der Waals surface area contributed by atoms with Gasteiger partial charge in [0.2, 0.25) is 0 Å². The van der Waals surface area contributed by atoms with Gasteiger partial charge in [0, 0.05) is 5.02 Å². The number of carbonyl (C=O) groups excluding carboxylic acids is 1. The minimum Gasteiger partial charge on any atom is -0.336 e. The standard InChI is InChI=1S/C15H15Cl2NO/c1-2-15(8-4-3-5-9-15)18-14(19)12-7-6-11(16)10-13(12)17/h1,6-7,10H,3-5,8-9H2,(H,18,19). The molecule has 0 aliphatic heterocycles. The Labute approximate surface area is 123 Å². The van der Waals surface area contributed by atoms with Crippen molar-refractivity contribution in [3.63, 3.8) is 0 Å². The van der Waals surface area contributed by atoms with Crippen molar-refractivity contribution >= 4 is 29.1 Å². The topological polar surface area (TPSA) is 29.1 Å². The number of hydrogen-bond acceptors (Lipinski definition) is 1.